The van der Waals surface area contributed by atoms with Crippen molar-refractivity contribution in [2.24, 2.45) is 5.92 Å². The summed E-state index contributed by atoms with van der Waals surface area (Å²) in [7, 11) is 0. The molecule has 1 amide bonds. The Hall–Kier alpha value is -2.44. The summed E-state index contributed by atoms with van der Waals surface area (Å²) < 4.78 is 4.96. The van der Waals surface area contributed by atoms with Crippen molar-refractivity contribution in [1.82, 2.24) is 4.90 Å². The predicted octanol–water partition coefficient (Wildman–Crippen LogP) is 2.01. The lowest BCUT2D eigenvalue weighted by molar-refractivity contribution is -0.384. The lowest BCUT2D eigenvalue weighted by atomic mass is 10.0. The number of ether oxygens (including phenoxy) is 1. The first-order valence-electron chi connectivity index (χ1n) is 7.16. The normalized spacial score (nSPS) is 17.9. The molecule has 1 saturated heterocycles. The van der Waals surface area contributed by atoms with Crippen molar-refractivity contribution in [3.05, 3.63) is 39.9 Å². The SMILES string of the molecule is C[C@H]1CCCN(C(=O)COC(=O)c2cccc([N+](=O)[O-])c2)C1. The average Bonchev–Trinajstić information content (AvgIpc) is 2.52. The van der Waals surface area contributed by atoms with Crippen LogP contribution in [0.2, 0.25) is 0 Å². The largest absolute Gasteiger partial charge is 0.452 e. The van der Waals surface area contributed by atoms with Gasteiger partial charge in [-0.05, 0) is 24.8 Å². The summed E-state index contributed by atoms with van der Waals surface area (Å²) in [5.74, 6) is -0.516. The number of piperidine rings is 1. The second-order valence-electron chi connectivity index (χ2n) is 5.47. The highest BCUT2D eigenvalue weighted by Gasteiger charge is 2.22. The van der Waals surface area contributed by atoms with Crippen LogP contribution >= 0.6 is 0 Å². The molecule has 1 aliphatic heterocycles. The van der Waals surface area contributed by atoms with E-state index >= 15 is 0 Å². The summed E-state index contributed by atoms with van der Waals surface area (Å²) in [4.78, 5) is 35.6. The molecular weight excluding hydrogens is 288 g/mol. The molecule has 0 spiro atoms. The third-order valence-corrected chi connectivity index (χ3v) is 3.63. The lowest BCUT2D eigenvalue weighted by Gasteiger charge is -2.30. The van der Waals surface area contributed by atoms with Crippen LogP contribution in [-0.2, 0) is 9.53 Å². The van der Waals surface area contributed by atoms with Crippen molar-refractivity contribution < 1.29 is 19.2 Å². The van der Waals surface area contributed by atoms with Gasteiger partial charge in [0.05, 0.1) is 10.5 Å². The summed E-state index contributed by atoms with van der Waals surface area (Å²) in [6.45, 7) is 3.09. The third kappa shape index (κ3) is 4.03. The van der Waals surface area contributed by atoms with Crippen LogP contribution in [-0.4, -0.2) is 41.4 Å². The monoisotopic (exact) mass is 306 g/mol. The number of nitrogens with zero attached hydrogens (tertiary/aromatic N) is 2. The van der Waals surface area contributed by atoms with Gasteiger partial charge in [-0.2, -0.15) is 0 Å². The maximum absolute atomic E-state index is 12.0. The fourth-order valence-electron chi connectivity index (χ4n) is 2.46. The second kappa shape index (κ2) is 7.02. The van der Waals surface area contributed by atoms with E-state index in [0.717, 1.165) is 18.9 Å². The third-order valence-electron chi connectivity index (χ3n) is 3.63. The number of amides is 1. The zero-order valence-electron chi connectivity index (χ0n) is 12.4. The fourth-order valence-corrected chi connectivity index (χ4v) is 2.46. The van der Waals surface area contributed by atoms with Crippen LogP contribution in [0, 0.1) is 16.0 Å². The number of rotatable bonds is 4. The fraction of sp³-hybridized carbons (Fsp3) is 0.467. The number of nitro benzene ring substituents is 1. The summed E-state index contributed by atoms with van der Waals surface area (Å²) in [6.07, 6.45) is 2.04. The molecule has 118 valence electrons. The summed E-state index contributed by atoms with van der Waals surface area (Å²) in [5, 5.41) is 10.7. The molecule has 2 rings (SSSR count). The molecular formula is C15H18N2O5. The molecule has 7 nitrogen and oxygen atoms in total. The van der Waals surface area contributed by atoms with Gasteiger partial charge in [0.25, 0.3) is 11.6 Å². The Kier molecular flexibility index (Phi) is 5.08. The maximum Gasteiger partial charge on any atom is 0.338 e. The van der Waals surface area contributed by atoms with Gasteiger partial charge in [-0.1, -0.05) is 13.0 Å². The van der Waals surface area contributed by atoms with Gasteiger partial charge in [0.1, 0.15) is 0 Å². The minimum atomic E-state index is -0.734. The molecule has 0 aliphatic carbocycles. The van der Waals surface area contributed by atoms with Crippen molar-refractivity contribution in [3.63, 3.8) is 0 Å². The van der Waals surface area contributed by atoms with Gasteiger partial charge in [-0.3, -0.25) is 14.9 Å². The van der Waals surface area contributed by atoms with E-state index in [9.17, 15) is 19.7 Å². The van der Waals surface area contributed by atoms with Gasteiger partial charge < -0.3 is 9.64 Å². The quantitative estimate of drug-likeness (QED) is 0.482. The van der Waals surface area contributed by atoms with E-state index in [1.165, 1.54) is 18.2 Å². The van der Waals surface area contributed by atoms with Crippen LogP contribution in [0.3, 0.4) is 0 Å². The molecule has 7 heteroatoms. The first-order chi connectivity index (χ1) is 10.5. The summed E-state index contributed by atoms with van der Waals surface area (Å²) in [5.41, 5.74) is -0.125. The highest BCUT2D eigenvalue weighted by atomic mass is 16.6. The lowest BCUT2D eigenvalue weighted by Crippen LogP contribution is -2.41. The topological polar surface area (TPSA) is 89.8 Å². The highest BCUT2D eigenvalue weighted by Crippen LogP contribution is 2.16. The molecule has 0 N–H and O–H groups in total. The molecule has 0 saturated carbocycles. The molecule has 1 aromatic carbocycles. The molecule has 1 atom stereocenters. The number of carbonyl (C=O) groups is 2. The smallest absolute Gasteiger partial charge is 0.338 e. The van der Waals surface area contributed by atoms with E-state index in [1.54, 1.807) is 4.90 Å². The van der Waals surface area contributed by atoms with E-state index in [0.29, 0.717) is 19.0 Å². The van der Waals surface area contributed by atoms with Gasteiger partial charge in [0.15, 0.2) is 6.61 Å². The van der Waals surface area contributed by atoms with Crippen molar-refractivity contribution in [1.29, 1.82) is 0 Å². The minimum absolute atomic E-state index is 0.0639. The average molecular weight is 306 g/mol. The van der Waals surface area contributed by atoms with Crippen molar-refractivity contribution >= 4 is 17.6 Å². The zero-order valence-corrected chi connectivity index (χ0v) is 12.4. The van der Waals surface area contributed by atoms with E-state index in [2.05, 4.69) is 6.92 Å². The number of non-ortho nitro benzene ring substituents is 1. The van der Waals surface area contributed by atoms with Crippen LogP contribution in [0.15, 0.2) is 24.3 Å². The van der Waals surface area contributed by atoms with E-state index in [4.69, 9.17) is 4.74 Å². The first-order valence-corrected chi connectivity index (χ1v) is 7.16. The standard InChI is InChI=1S/C15H18N2O5/c1-11-4-3-7-16(9-11)14(18)10-22-15(19)12-5-2-6-13(8-12)17(20)21/h2,5-6,8,11H,3-4,7,9-10H2,1H3/t11-/m0/s1. The van der Waals surface area contributed by atoms with Crippen LogP contribution in [0.4, 0.5) is 5.69 Å². The Balaban J connectivity index is 1.91. The Labute approximate surface area is 128 Å². The van der Waals surface area contributed by atoms with Gasteiger partial charge in [0, 0.05) is 25.2 Å². The zero-order chi connectivity index (χ0) is 16.1. The number of nitro groups is 1. The van der Waals surface area contributed by atoms with Gasteiger partial charge in [0.2, 0.25) is 0 Å². The Bertz CT molecular complexity index is 587. The van der Waals surface area contributed by atoms with Gasteiger partial charge >= 0.3 is 5.97 Å². The minimum Gasteiger partial charge on any atom is -0.452 e. The number of carbonyl (C=O) groups excluding carboxylic acids is 2. The summed E-state index contributed by atoms with van der Waals surface area (Å²) >= 11 is 0. The number of hydrogen-bond donors (Lipinski definition) is 0. The van der Waals surface area contributed by atoms with Crippen molar-refractivity contribution in [3.8, 4) is 0 Å². The number of hydrogen-bond acceptors (Lipinski definition) is 5. The number of benzene rings is 1. The first kappa shape index (κ1) is 15.9. The molecule has 0 aromatic heterocycles. The van der Waals surface area contributed by atoms with E-state index < -0.39 is 10.9 Å². The number of esters is 1. The Morgan fingerprint density at radius 3 is 2.91 bits per heavy atom. The van der Waals surface area contributed by atoms with Crippen LogP contribution in [0.25, 0.3) is 0 Å². The second-order valence-corrected chi connectivity index (χ2v) is 5.47. The van der Waals surface area contributed by atoms with E-state index in [1.807, 2.05) is 0 Å². The maximum atomic E-state index is 12.0. The number of likely N-dealkylation sites (tertiary alicyclic amines) is 1. The predicted molar refractivity (Wildman–Crippen MR) is 78.4 cm³/mol. The van der Waals surface area contributed by atoms with Crippen LogP contribution in [0.5, 0.6) is 0 Å². The molecule has 1 heterocycles. The van der Waals surface area contributed by atoms with Crippen LogP contribution in [0.1, 0.15) is 30.1 Å². The van der Waals surface area contributed by atoms with Crippen LogP contribution < -0.4 is 0 Å². The highest BCUT2D eigenvalue weighted by molar-refractivity contribution is 5.91. The molecule has 1 fully saturated rings. The van der Waals surface area contributed by atoms with Crippen molar-refractivity contribution in [2.45, 2.75) is 19.8 Å². The summed E-state index contributed by atoms with van der Waals surface area (Å²) in [6, 6.07) is 5.25. The molecule has 0 bridgehead atoms. The molecule has 0 unspecified atom stereocenters. The van der Waals surface area contributed by atoms with Gasteiger partial charge in [-0.15, -0.1) is 0 Å². The molecule has 1 aromatic rings. The Morgan fingerprint density at radius 1 is 1.45 bits per heavy atom. The molecule has 1 aliphatic rings. The van der Waals surface area contributed by atoms with Gasteiger partial charge in [-0.25, -0.2) is 4.79 Å². The molecule has 22 heavy (non-hydrogen) atoms. The van der Waals surface area contributed by atoms with Crippen molar-refractivity contribution in [2.75, 3.05) is 19.7 Å². The van der Waals surface area contributed by atoms with E-state index in [-0.39, 0.29) is 23.8 Å². The molecule has 0 radical (unpaired) electrons. The Morgan fingerprint density at radius 2 is 2.23 bits per heavy atom.